The normalized spacial score (nSPS) is 25.4. The highest BCUT2D eigenvalue weighted by Crippen LogP contribution is 2.24. The van der Waals surface area contributed by atoms with Gasteiger partial charge in [-0.2, -0.15) is 0 Å². The third kappa shape index (κ3) is 5.69. The fourth-order valence-corrected chi connectivity index (χ4v) is 4.18. The summed E-state index contributed by atoms with van der Waals surface area (Å²) in [5.41, 5.74) is 1.45. The van der Waals surface area contributed by atoms with E-state index in [1.807, 2.05) is 0 Å². The van der Waals surface area contributed by atoms with E-state index in [1.165, 1.54) is 23.7 Å². The van der Waals surface area contributed by atoms with Crippen molar-refractivity contribution in [2.75, 3.05) is 45.9 Å². The van der Waals surface area contributed by atoms with Gasteiger partial charge in [-0.05, 0) is 17.5 Å². The van der Waals surface area contributed by atoms with Crippen molar-refractivity contribution in [3.8, 4) is 0 Å². The summed E-state index contributed by atoms with van der Waals surface area (Å²) in [6.07, 6.45) is 2.28. The molecule has 168 valence electrons. The SMILES string of the molecule is O=C(NC[C@]1(O)CCN(Cc2cccc(CN3CCOCC3)c2)C[C@H]1O)c1cnc[nH]1. The molecule has 0 unspecified atom stereocenters. The molecule has 0 aliphatic carbocycles. The van der Waals surface area contributed by atoms with E-state index in [-0.39, 0.29) is 12.5 Å². The number of nitrogens with one attached hydrogen (secondary N) is 2. The predicted molar refractivity (Wildman–Crippen MR) is 114 cm³/mol. The minimum absolute atomic E-state index is 0.00507. The molecule has 0 saturated carbocycles. The van der Waals surface area contributed by atoms with Crippen LogP contribution in [-0.4, -0.2) is 93.5 Å². The first-order valence-corrected chi connectivity index (χ1v) is 10.8. The molecular formula is C22H31N5O4. The van der Waals surface area contributed by atoms with E-state index in [2.05, 4.69) is 49.4 Å². The number of ether oxygens (including phenoxy) is 1. The number of aromatic nitrogens is 2. The Hall–Kier alpha value is -2.30. The number of morpholine rings is 1. The topological polar surface area (TPSA) is 114 Å². The van der Waals surface area contributed by atoms with Crippen LogP contribution in [0.4, 0.5) is 0 Å². The minimum Gasteiger partial charge on any atom is -0.389 e. The van der Waals surface area contributed by atoms with Gasteiger partial charge in [-0.1, -0.05) is 24.3 Å². The Balaban J connectivity index is 1.28. The molecule has 2 fully saturated rings. The van der Waals surface area contributed by atoms with Crippen molar-refractivity contribution in [3.63, 3.8) is 0 Å². The number of aromatic amines is 1. The third-order valence-electron chi connectivity index (χ3n) is 6.12. The van der Waals surface area contributed by atoms with Crippen LogP contribution in [0.1, 0.15) is 28.0 Å². The number of β-amino-alcohol motifs (C(OH)–C–C–N with tert-alkyl or cyclic N) is 1. The summed E-state index contributed by atoms with van der Waals surface area (Å²) >= 11 is 0. The van der Waals surface area contributed by atoms with Crippen molar-refractivity contribution in [2.24, 2.45) is 0 Å². The van der Waals surface area contributed by atoms with Gasteiger partial charge < -0.3 is 25.3 Å². The first kappa shape index (κ1) is 21.9. The summed E-state index contributed by atoms with van der Waals surface area (Å²) in [6.45, 7) is 6.10. The second-order valence-corrected chi connectivity index (χ2v) is 8.46. The molecule has 31 heavy (non-hydrogen) atoms. The van der Waals surface area contributed by atoms with E-state index in [9.17, 15) is 15.0 Å². The standard InChI is InChI=1S/C22H31N5O4/c28-20-14-27(5-4-22(20,30)15-24-21(29)19-11-23-16-25-19)13-18-3-1-2-17(10-18)12-26-6-8-31-9-7-26/h1-3,10-11,16,20,28,30H,4-9,12-15H2,(H,23,25)(H,24,29)/t20-,22-/m1/s1. The highest BCUT2D eigenvalue weighted by atomic mass is 16.5. The molecule has 4 rings (SSSR count). The van der Waals surface area contributed by atoms with Crippen LogP contribution in [0.2, 0.25) is 0 Å². The van der Waals surface area contributed by atoms with Crippen molar-refractivity contribution in [1.82, 2.24) is 25.1 Å². The molecule has 2 aromatic rings. The zero-order valence-corrected chi connectivity index (χ0v) is 17.7. The largest absolute Gasteiger partial charge is 0.389 e. The molecule has 1 amide bonds. The summed E-state index contributed by atoms with van der Waals surface area (Å²) in [4.78, 5) is 23.2. The van der Waals surface area contributed by atoms with Crippen LogP contribution in [0.3, 0.4) is 0 Å². The van der Waals surface area contributed by atoms with Crippen molar-refractivity contribution >= 4 is 5.91 Å². The second-order valence-electron chi connectivity index (χ2n) is 8.46. The molecule has 2 saturated heterocycles. The van der Waals surface area contributed by atoms with Gasteiger partial charge in [0, 0.05) is 45.8 Å². The number of hydrogen-bond donors (Lipinski definition) is 4. The Morgan fingerprint density at radius 1 is 1.23 bits per heavy atom. The van der Waals surface area contributed by atoms with E-state index < -0.39 is 11.7 Å². The van der Waals surface area contributed by atoms with Crippen LogP contribution in [0.5, 0.6) is 0 Å². The lowest BCUT2D eigenvalue weighted by Crippen LogP contribution is -2.60. The Morgan fingerprint density at radius 3 is 2.65 bits per heavy atom. The van der Waals surface area contributed by atoms with Crippen molar-refractivity contribution in [1.29, 1.82) is 0 Å². The number of piperidine rings is 1. The number of H-pyrrole nitrogens is 1. The first-order valence-electron chi connectivity index (χ1n) is 10.8. The molecule has 2 aliphatic heterocycles. The zero-order chi connectivity index (χ0) is 21.7. The van der Waals surface area contributed by atoms with Gasteiger partial charge in [0.15, 0.2) is 0 Å². The molecule has 0 bridgehead atoms. The maximum absolute atomic E-state index is 12.1. The second kappa shape index (κ2) is 9.88. The van der Waals surface area contributed by atoms with E-state index in [4.69, 9.17) is 4.74 Å². The van der Waals surface area contributed by atoms with Gasteiger partial charge in [0.2, 0.25) is 0 Å². The monoisotopic (exact) mass is 429 g/mol. The maximum Gasteiger partial charge on any atom is 0.269 e. The van der Waals surface area contributed by atoms with Crippen LogP contribution in [-0.2, 0) is 17.8 Å². The molecule has 2 atom stereocenters. The molecule has 9 heteroatoms. The van der Waals surface area contributed by atoms with Gasteiger partial charge >= 0.3 is 0 Å². The van der Waals surface area contributed by atoms with Gasteiger partial charge in [-0.25, -0.2) is 4.98 Å². The average Bonchev–Trinajstić information content (AvgIpc) is 3.31. The van der Waals surface area contributed by atoms with Gasteiger partial charge in [0.25, 0.3) is 5.91 Å². The molecule has 2 aliphatic rings. The Morgan fingerprint density at radius 2 is 1.97 bits per heavy atom. The number of rotatable bonds is 7. The molecule has 3 heterocycles. The maximum atomic E-state index is 12.1. The van der Waals surface area contributed by atoms with Crippen LogP contribution < -0.4 is 5.32 Å². The van der Waals surface area contributed by atoms with Gasteiger partial charge in [0.1, 0.15) is 11.3 Å². The highest BCUT2D eigenvalue weighted by molar-refractivity contribution is 5.91. The minimum atomic E-state index is -1.34. The lowest BCUT2D eigenvalue weighted by Gasteiger charge is -2.42. The zero-order valence-electron chi connectivity index (χ0n) is 17.7. The number of aliphatic hydroxyl groups excluding tert-OH is 1. The molecule has 0 spiro atoms. The van der Waals surface area contributed by atoms with Crippen molar-refractivity contribution in [3.05, 3.63) is 53.6 Å². The lowest BCUT2D eigenvalue weighted by atomic mass is 9.88. The Labute approximate surface area is 182 Å². The predicted octanol–water partition coefficient (Wildman–Crippen LogP) is -0.0304. The Kier molecular flexibility index (Phi) is 6.99. The summed E-state index contributed by atoms with van der Waals surface area (Å²) in [5, 5.41) is 24.2. The molecule has 4 N–H and O–H groups in total. The number of carbonyl (C=O) groups excluding carboxylic acids is 1. The van der Waals surface area contributed by atoms with E-state index in [0.717, 1.165) is 32.8 Å². The fraction of sp³-hybridized carbons (Fsp3) is 0.545. The Bertz CT molecular complexity index is 855. The van der Waals surface area contributed by atoms with Gasteiger partial charge in [0.05, 0.1) is 31.8 Å². The molecular weight excluding hydrogens is 398 g/mol. The molecule has 9 nitrogen and oxygen atoms in total. The van der Waals surface area contributed by atoms with E-state index in [0.29, 0.717) is 31.7 Å². The summed E-state index contributed by atoms with van der Waals surface area (Å²) in [5.74, 6) is -0.349. The van der Waals surface area contributed by atoms with Crippen LogP contribution >= 0.6 is 0 Å². The number of carbonyl (C=O) groups is 1. The van der Waals surface area contributed by atoms with Crippen molar-refractivity contribution < 1.29 is 19.7 Å². The lowest BCUT2D eigenvalue weighted by molar-refractivity contribution is -0.116. The van der Waals surface area contributed by atoms with E-state index in [1.54, 1.807) is 0 Å². The first-order chi connectivity index (χ1) is 15.0. The third-order valence-corrected chi connectivity index (χ3v) is 6.12. The summed E-state index contributed by atoms with van der Waals surface area (Å²) in [6, 6.07) is 8.53. The highest BCUT2D eigenvalue weighted by Gasteiger charge is 2.40. The van der Waals surface area contributed by atoms with Crippen molar-refractivity contribution in [2.45, 2.75) is 31.2 Å². The molecule has 0 radical (unpaired) electrons. The summed E-state index contributed by atoms with van der Waals surface area (Å²) in [7, 11) is 0. The van der Waals surface area contributed by atoms with E-state index >= 15 is 0 Å². The number of benzene rings is 1. The number of hydrogen-bond acceptors (Lipinski definition) is 7. The van der Waals surface area contributed by atoms with Gasteiger partial charge in [-0.15, -0.1) is 0 Å². The molecule has 1 aromatic carbocycles. The number of aliphatic hydroxyl groups is 2. The molecule has 1 aromatic heterocycles. The van der Waals surface area contributed by atoms with Crippen LogP contribution in [0, 0.1) is 0 Å². The van der Waals surface area contributed by atoms with Gasteiger partial charge in [-0.3, -0.25) is 14.6 Å². The number of amides is 1. The van der Waals surface area contributed by atoms with Crippen LogP contribution in [0.25, 0.3) is 0 Å². The summed E-state index contributed by atoms with van der Waals surface area (Å²) < 4.78 is 5.42. The quantitative estimate of drug-likeness (QED) is 0.489. The number of imidazole rings is 1. The number of nitrogens with zero attached hydrogens (tertiary/aromatic N) is 3. The fourth-order valence-electron chi connectivity index (χ4n) is 4.18. The number of likely N-dealkylation sites (tertiary alicyclic amines) is 1. The van der Waals surface area contributed by atoms with Crippen LogP contribution in [0.15, 0.2) is 36.8 Å². The average molecular weight is 430 g/mol. The smallest absolute Gasteiger partial charge is 0.269 e.